The molecule has 2 atom stereocenters. The maximum absolute atomic E-state index is 11.4. The third-order valence-corrected chi connectivity index (χ3v) is 4.01. The van der Waals surface area contributed by atoms with Crippen LogP contribution in [-0.4, -0.2) is 23.0 Å². The molecule has 0 aliphatic rings. The zero-order chi connectivity index (χ0) is 17.5. The van der Waals surface area contributed by atoms with E-state index in [1.165, 1.54) is 6.92 Å². The van der Waals surface area contributed by atoms with Gasteiger partial charge in [-0.1, -0.05) is 61.5 Å². The molecule has 0 heterocycles. The van der Waals surface area contributed by atoms with Crippen molar-refractivity contribution in [1.29, 1.82) is 0 Å². The molecule has 0 aromatic heterocycles. The molecule has 126 valence electrons. The fraction of sp³-hybridized carbons (Fsp3) is 0.300. The highest BCUT2D eigenvalue weighted by Crippen LogP contribution is 2.20. The van der Waals surface area contributed by atoms with E-state index in [1.807, 2.05) is 30.3 Å². The number of rotatable bonds is 7. The van der Waals surface area contributed by atoms with E-state index in [-0.39, 0.29) is 11.9 Å². The Morgan fingerprint density at radius 2 is 1.58 bits per heavy atom. The Kier molecular flexibility index (Phi) is 6.13. The Bertz CT molecular complexity index is 680. The normalized spacial score (nSPS) is 13.1. The molecule has 0 bridgehead atoms. The van der Waals surface area contributed by atoms with E-state index in [1.54, 1.807) is 6.92 Å². The maximum Gasteiger partial charge on any atom is 0.306 e. The van der Waals surface area contributed by atoms with Crippen LogP contribution in [0.15, 0.2) is 54.6 Å². The zero-order valence-corrected chi connectivity index (χ0v) is 14.0. The molecule has 2 rings (SSSR count). The first-order valence-corrected chi connectivity index (χ1v) is 8.10. The molecule has 0 aliphatic heterocycles. The largest absolute Gasteiger partial charge is 0.481 e. The summed E-state index contributed by atoms with van der Waals surface area (Å²) in [5.41, 5.74) is 3.36. The van der Waals surface area contributed by atoms with Gasteiger partial charge in [0.1, 0.15) is 0 Å². The number of nitrogens with one attached hydrogen (secondary N) is 1. The van der Waals surface area contributed by atoms with Crippen LogP contribution in [0.25, 0.3) is 11.1 Å². The van der Waals surface area contributed by atoms with Crippen LogP contribution in [0.5, 0.6) is 0 Å². The van der Waals surface area contributed by atoms with Crippen LogP contribution < -0.4 is 5.32 Å². The Labute approximate surface area is 142 Å². The molecule has 2 aromatic carbocycles. The number of amides is 1. The van der Waals surface area contributed by atoms with Crippen LogP contribution in [0.4, 0.5) is 0 Å². The van der Waals surface area contributed by atoms with Crippen LogP contribution in [0.1, 0.15) is 25.8 Å². The monoisotopic (exact) mass is 325 g/mol. The number of hydrogen-bond donors (Lipinski definition) is 2. The highest BCUT2D eigenvalue weighted by atomic mass is 16.4. The SMILES string of the molecule is CC(=O)N[C@H](Cc1ccc(-c2ccccc2)cc1)C[C@@H](C)C(=O)O. The zero-order valence-electron chi connectivity index (χ0n) is 14.0. The fourth-order valence-corrected chi connectivity index (χ4v) is 2.76. The van der Waals surface area contributed by atoms with Crippen LogP contribution >= 0.6 is 0 Å². The van der Waals surface area contributed by atoms with Crippen LogP contribution in [-0.2, 0) is 16.0 Å². The van der Waals surface area contributed by atoms with Gasteiger partial charge in [-0.25, -0.2) is 0 Å². The predicted molar refractivity (Wildman–Crippen MR) is 94.6 cm³/mol. The minimum absolute atomic E-state index is 0.140. The number of carbonyl (C=O) groups is 2. The molecule has 2 N–H and O–H groups in total. The van der Waals surface area contributed by atoms with E-state index < -0.39 is 11.9 Å². The number of carbonyl (C=O) groups excluding carboxylic acids is 1. The first kappa shape index (κ1) is 17.7. The maximum atomic E-state index is 11.4. The molecule has 0 fully saturated rings. The Hall–Kier alpha value is -2.62. The van der Waals surface area contributed by atoms with Gasteiger partial charge in [0.25, 0.3) is 0 Å². The molecule has 0 saturated heterocycles. The van der Waals surface area contributed by atoms with Gasteiger partial charge in [0, 0.05) is 13.0 Å². The first-order valence-electron chi connectivity index (χ1n) is 8.10. The molecular weight excluding hydrogens is 302 g/mol. The molecule has 24 heavy (non-hydrogen) atoms. The summed E-state index contributed by atoms with van der Waals surface area (Å²) in [7, 11) is 0. The van der Waals surface area contributed by atoms with Crippen LogP contribution in [0, 0.1) is 5.92 Å². The molecule has 4 heteroatoms. The summed E-state index contributed by atoms with van der Waals surface area (Å²) in [4.78, 5) is 22.4. The van der Waals surface area contributed by atoms with Gasteiger partial charge in [-0.3, -0.25) is 9.59 Å². The summed E-state index contributed by atoms with van der Waals surface area (Å²) in [6, 6.07) is 18.1. The van der Waals surface area contributed by atoms with Crippen molar-refractivity contribution in [3.8, 4) is 11.1 Å². The highest BCUT2D eigenvalue weighted by molar-refractivity contribution is 5.73. The van der Waals surface area contributed by atoms with Crippen LogP contribution in [0.2, 0.25) is 0 Å². The van der Waals surface area contributed by atoms with E-state index in [9.17, 15) is 9.59 Å². The number of carboxylic acids is 1. The summed E-state index contributed by atoms with van der Waals surface area (Å²) in [6.07, 6.45) is 1.03. The summed E-state index contributed by atoms with van der Waals surface area (Å²) in [5, 5.41) is 11.9. The fourth-order valence-electron chi connectivity index (χ4n) is 2.76. The van der Waals surface area contributed by atoms with Gasteiger partial charge in [-0.15, -0.1) is 0 Å². The average Bonchev–Trinajstić information content (AvgIpc) is 2.55. The van der Waals surface area contributed by atoms with Crippen molar-refractivity contribution in [3.05, 3.63) is 60.2 Å². The summed E-state index contributed by atoms with van der Waals surface area (Å²) >= 11 is 0. The van der Waals surface area contributed by atoms with Crippen molar-refractivity contribution in [1.82, 2.24) is 5.32 Å². The van der Waals surface area contributed by atoms with E-state index in [0.717, 1.165) is 16.7 Å². The topological polar surface area (TPSA) is 66.4 Å². The lowest BCUT2D eigenvalue weighted by Gasteiger charge is -2.20. The molecule has 0 unspecified atom stereocenters. The van der Waals surface area contributed by atoms with Gasteiger partial charge in [0.2, 0.25) is 5.91 Å². The van der Waals surface area contributed by atoms with Gasteiger partial charge >= 0.3 is 5.97 Å². The average molecular weight is 325 g/mol. The summed E-state index contributed by atoms with van der Waals surface area (Å²) in [5.74, 6) is -1.48. The van der Waals surface area contributed by atoms with E-state index in [2.05, 4.69) is 29.6 Å². The third kappa shape index (κ3) is 5.23. The molecular formula is C20H23NO3. The number of carboxylic acid groups (broad SMARTS) is 1. The lowest BCUT2D eigenvalue weighted by molar-refractivity contribution is -0.141. The summed E-state index contributed by atoms with van der Waals surface area (Å²) in [6.45, 7) is 3.12. The number of hydrogen-bond acceptors (Lipinski definition) is 2. The first-order chi connectivity index (χ1) is 11.5. The molecule has 0 radical (unpaired) electrons. The predicted octanol–water partition coefficient (Wildman–Crippen LogP) is 3.51. The highest BCUT2D eigenvalue weighted by Gasteiger charge is 2.19. The molecule has 2 aromatic rings. The van der Waals surface area contributed by atoms with Gasteiger partial charge < -0.3 is 10.4 Å². The lowest BCUT2D eigenvalue weighted by atomic mass is 9.95. The number of aliphatic carboxylic acids is 1. The lowest BCUT2D eigenvalue weighted by Crippen LogP contribution is -2.37. The smallest absolute Gasteiger partial charge is 0.306 e. The van der Waals surface area contributed by atoms with Crippen molar-refractivity contribution in [2.45, 2.75) is 32.7 Å². The second-order valence-corrected chi connectivity index (χ2v) is 6.14. The Balaban J connectivity index is 2.08. The third-order valence-electron chi connectivity index (χ3n) is 4.01. The molecule has 0 aliphatic carbocycles. The van der Waals surface area contributed by atoms with Gasteiger partial charge in [0.15, 0.2) is 0 Å². The van der Waals surface area contributed by atoms with Crippen molar-refractivity contribution in [2.75, 3.05) is 0 Å². The second-order valence-electron chi connectivity index (χ2n) is 6.14. The standard InChI is InChI=1S/C20H23NO3/c1-14(20(23)24)12-19(21-15(2)22)13-16-8-10-18(11-9-16)17-6-4-3-5-7-17/h3-11,14,19H,12-13H2,1-2H3,(H,21,22)(H,23,24)/t14-,19+/m1/s1. The van der Waals surface area contributed by atoms with Crippen molar-refractivity contribution in [3.63, 3.8) is 0 Å². The Morgan fingerprint density at radius 1 is 1.00 bits per heavy atom. The van der Waals surface area contributed by atoms with E-state index >= 15 is 0 Å². The molecule has 0 spiro atoms. The van der Waals surface area contributed by atoms with Crippen molar-refractivity contribution < 1.29 is 14.7 Å². The number of benzene rings is 2. The van der Waals surface area contributed by atoms with Gasteiger partial charge in [-0.05, 0) is 29.5 Å². The van der Waals surface area contributed by atoms with Gasteiger partial charge in [-0.2, -0.15) is 0 Å². The summed E-state index contributed by atoms with van der Waals surface area (Å²) < 4.78 is 0. The molecule has 4 nitrogen and oxygen atoms in total. The Morgan fingerprint density at radius 3 is 2.12 bits per heavy atom. The second kappa shape index (κ2) is 8.29. The van der Waals surface area contributed by atoms with E-state index in [4.69, 9.17) is 5.11 Å². The minimum Gasteiger partial charge on any atom is -0.481 e. The van der Waals surface area contributed by atoms with Crippen molar-refractivity contribution in [2.24, 2.45) is 5.92 Å². The van der Waals surface area contributed by atoms with Crippen molar-refractivity contribution >= 4 is 11.9 Å². The van der Waals surface area contributed by atoms with Crippen LogP contribution in [0.3, 0.4) is 0 Å². The van der Waals surface area contributed by atoms with Gasteiger partial charge in [0.05, 0.1) is 5.92 Å². The van der Waals surface area contributed by atoms with E-state index in [0.29, 0.717) is 12.8 Å². The molecule has 0 saturated carbocycles. The minimum atomic E-state index is -0.843. The molecule has 1 amide bonds. The quantitative estimate of drug-likeness (QED) is 0.818.